The van der Waals surface area contributed by atoms with E-state index in [9.17, 15) is 4.79 Å². The molecule has 2 fully saturated rings. The average Bonchev–Trinajstić information content (AvgIpc) is 2.33. The van der Waals surface area contributed by atoms with Crippen LogP contribution in [0.4, 0.5) is 0 Å². The first kappa shape index (κ1) is 6.31. The Balaban J connectivity index is 2.03. The van der Waals surface area contributed by atoms with Crippen LogP contribution < -0.4 is 10.6 Å². The number of hydrogen-bond acceptors (Lipinski definition) is 3. The Hall–Kier alpha value is -0.410. The normalized spacial score (nSPS) is 39.8. The van der Waals surface area contributed by atoms with E-state index in [0.717, 1.165) is 25.9 Å². The molecule has 3 nitrogen and oxygen atoms in total. The van der Waals surface area contributed by atoms with Crippen LogP contribution in [0, 0.1) is 0 Å². The highest BCUT2D eigenvalue weighted by molar-refractivity contribution is 5.80. The lowest BCUT2D eigenvalue weighted by Gasteiger charge is -2.22. The Labute approximate surface area is 60.2 Å². The van der Waals surface area contributed by atoms with Crippen LogP contribution in [0.3, 0.4) is 0 Å². The summed E-state index contributed by atoms with van der Waals surface area (Å²) in [5.41, 5.74) is 0. The van der Waals surface area contributed by atoms with Gasteiger partial charge in [0.2, 0.25) is 0 Å². The summed E-state index contributed by atoms with van der Waals surface area (Å²) in [5, 5.41) is 6.57. The Bertz CT molecular complexity index is 158. The zero-order chi connectivity index (χ0) is 6.97. The predicted octanol–water partition coefficient (Wildman–Crippen LogP) is -0.373. The van der Waals surface area contributed by atoms with E-state index in [1.807, 2.05) is 0 Å². The minimum Gasteiger partial charge on any atom is -0.300 e. The van der Waals surface area contributed by atoms with E-state index in [4.69, 9.17) is 0 Å². The number of carbonyl (C=O) groups excluding carboxylic acids is 1. The molecule has 3 heteroatoms. The van der Waals surface area contributed by atoms with Crippen molar-refractivity contribution in [1.82, 2.24) is 10.6 Å². The second-order valence-corrected chi connectivity index (χ2v) is 3.08. The highest BCUT2D eigenvalue weighted by atomic mass is 16.1. The second-order valence-electron chi connectivity index (χ2n) is 3.08. The number of carbonyl (C=O) groups is 1. The van der Waals surface area contributed by atoms with Gasteiger partial charge >= 0.3 is 0 Å². The molecule has 1 heterocycles. The van der Waals surface area contributed by atoms with Crippen LogP contribution in [0.2, 0.25) is 0 Å². The van der Waals surface area contributed by atoms with Gasteiger partial charge in [0.1, 0.15) is 5.78 Å². The second kappa shape index (κ2) is 2.32. The fourth-order valence-corrected chi connectivity index (χ4v) is 1.79. The highest BCUT2D eigenvalue weighted by Gasteiger charge is 2.31. The average molecular weight is 140 g/mol. The van der Waals surface area contributed by atoms with Crippen molar-refractivity contribution in [2.75, 3.05) is 6.67 Å². The molecule has 2 unspecified atom stereocenters. The van der Waals surface area contributed by atoms with Gasteiger partial charge < -0.3 is 5.32 Å². The quantitative estimate of drug-likeness (QED) is 0.482. The molecule has 0 spiro atoms. The summed E-state index contributed by atoms with van der Waals surface area (Å²) in [6.45, 7) is 0.878. The van der Waals surface area contributed by atoms with E-state index in [1.54, 1.807) is 0 Å². The Morgan fingerprint density at radius 2 is 2.10 bits per heavy atom. The van der Waals surface area contributed by atoms with Crippen LogP contribution in [0.1, 0.15) is 19.3 Å². The molecule has 10 heavy (non-hydrogen) atoms. The third-order valence-corrected chi connectivity index (χ3v) is 2.40. The van der Waals surface area contributed by atoms with Crippen molar-refractivity contribution >= 4 is 5.78 Å². The van der Waals surface area contributed by atoms with Gasteiger partial charge in [0, 0.05) is 31.6 Å². The molecule has 2 atom stereocenters. The lowest BCUT2D eigenvalue weighted by atomic mass is 9.91. The standard InChI is InChI=1S/C7H12N2O/c10-5-1-2-6-7(3-5)9-4-8-6/h6-9H,1-4H2. The van der Waals surface area contributed by atoms with Gasteiger partial charge in [-0.15, -0.1) is 0 Å². The molecule has 0 radical (unpaired) electrons. The zero-order valence-electron chi connectivity index (χ0n) is 5.89. The molecule has 1 saturated carbocycles. The predicted molar refractivity (Wildman–Crippen MR) is 37.6 cm³/mol. The van der Waals surface area contributed by atoms with Crippen LogP contribution in [0.5, 0.6) is 0 Å². The summed E-state index contributed by atoms with van der Waals surface area (Å²) in [7, 11) is 0. The molecule has 1 aliphatic heterocycles. The minimum atomic E-state index is 0.414. The van der Waals surface area contributed by atoms with Gasteiger partial charge in [0.05, 0.1) is 0 Å². The Kier molecular flexibility index (Phi) is 1.47. The molecule has 0 aromatic rings. The molecular weight excluding hydrogens is 128 g/mol. The van der Waals surface area contributed by atoms with Gasteiger partial charge in [-0.2, -0.15) is 0 Å². The fourth-order valence-electron chi connectivity index (χ4n) is 1.79. The number of Topliss-reactive ketones (excluding diaryl/α,β-unsaturated/α-hetero) is 1. The molecule has 1 aliphatic carbocycles. The largest absolute Gasteiger partial charge is 0.300 e. The summed E-state index contributed by atoms with van der Waals surface area (Å²) >= 11 is 0. The summed E-state index contributed by atoms with van der Waals surface area (Å²) < 4.78 is 0. The molecule has 0 aromatic carbocycles. The zero-order valence-corrected chi connectivity index (χ0v) is 5.89. The molecule has 0 bridgehead atoms. The lowest BCUT2D eigenvalue weighted by molar-refractivity contribution is -0.120. The van der Waals surface area contributed by atoms with Gasteiger partial charge in [-0.25, -0.2) is 0 Å². The molecular formula is C7H12N2O. The van der Waals surface area contributed by atoms with E-state index in [-0.39, 0.29) is 0 Å². The first-order chi connectivity index (χ1) is 4.86. The number of hydrogen-bond donors (Lipinski definition) is 2. The van der Waals surface area contributed by atoms with Crippen LogP contribution in [-0.4, -0.2) is 24.5 Å². The van der Waals surface area contributed by atoms with Crippen molar-refractivity contribution in [2.45, 2.75) is 31.3 Å². The summed E-state index contributed by atoms with van der Waals surface area (Å²) in [6.07, 6.45) is 2.53. The summed E-state index contributed by atoms with van der Waals surface area (Å²) in [5.74, 6) is 0.414. The van der Waals surface area contributed by atoms with E-state index >= 15 is 0 Å². The number of ketones is 1. The van der Waals surface area contributed by atoms with E-state index in [0.29, 0.717) is 17.9 Å². The first-order valence-corrected chi connectivity index (χ1v) is 3.85. The van der Waals surface area contributed by atoms with Crippen molar-refractivity contribution in [3.8, 4) is 0 Å². The van der Waals surface area contributed by atoms with Crippen LogP contribution in [0.25, 0.3) is 0 Å². The third-order valence-electron chi connectivity index (χ3n) is 2.40. The smallest absolute Gasteiger partial charge is 0.134 e. The number of nitrogens with one attached hydrogen (secondary N) is 2. The lowest BCUT2D eigenvalue weighted by Crippen LogP contribution is -2.39. The van der Waals surface area contributed by atoms with E-state index < -0.39 is 0 Å². The van der Waals surface area contributed by atoms with E-state index in [2.05, 4.69) is 10.6 Å². The maximum absolute atomic E-state index is 10.9. The van der Waals surface area contributed by atoms with Crippen molar-refractivity contribution in [3.63, 3.8) is 0 Å². The fraction of sp³-hybridized carbons (Fsp3) is 0.857. The maximum Gasteiger partial charge on any atom is 0.134 e. The van der Waals surface area contributed by atoms with Crippen molar-refractivity contribution in [1.29, 1.82) is 0 Å². The van der Waals surface area contributed by atoms with Gasteiger partial charge in [-0.05, 0) is 6.42 Å². The monoisotopic (exact) mass is 140 g/mol. The van der Waals surface area contributed by atoms with Gasteiger partial charge in [0.25, 0.3) is 0 Å². The van der Waals surface area contributed by atoms with Crippen molar-refractivity contribution < 1.29 is 4.79 Å². The third kappa shape index (κ3) is 0.954. The Morgan fingerprint density at radius 3 is 3.00 bits per heavy atom. The summed E-state index contributed by atoms with van der Waals surface area (Å²) in [4.78, 5) is 10.9. The maximum atomic E-state index is 10.9. The SMILES string of the molecule is O=C1CCC2NCNC2C1. The number of fused-ring (bicyclic) bond motifs is 1. The van der Waals surface area contributed by atoms with Gasteiger partial charge in [0.15, 0.2) is 0 Å². The highest BCUT2D eigenvalue weighted by Crippen LogP contribution is 2.17. The van der Waals surface area contributed by atoms with Crippen LogP contribution >= 0.6 is 0 Å². The topological polar surface area (TPSA) is 41.1 Å². The van der Waals surface area contributed by atoms with Crippen molar-refractivity contribution in [3.05, 3.63) is 0 Å². The van der Waals surface area contributed by atoms with Gasteiger partial charge in [-0.3, -0.25) is 10.1 Å². The van der Waals surface area contributed by atoms with Crippen LogP contribution in [-0.2, 0) is 4.79 Å². The molecule has 1 saturated heterocycles. The summed E-state index contributed by atoms with van der Waals surface area (Å²) in [6, 6.07) is 0.999. The van der Waals surface area contributed by atoms with Crippen molar-refractivity contribution in [2.24, 2.45) is 0 Å². The molecule has 2 rings (SSSR count). The number of rotatable bonds is 0. The molecule has 0 aromatic heterocycles. The Morgan fingerprint density at radius 1 is 1.30 bits per heavy atom. The van der Waals surface area contributed by atoms with E-state index in [1.165, 1.54) is 0 Å². The molecule has 0 amide bonds. The first-order valence-electron chi connectivity index (χ1n) is 3.85. The molecule has 2 N–H and O–H groups in total. The molecule has 2 aliphatic rings. The van der Waals surface area contributed by atoms with Gasteiger partial charge in [-0.1, -0.05) is 0 Å². The minimum absolute atomic E-state index is 0.414. The van der Waals surface area contributed by atoms with Crippen LogP contribution in [0.15, 0.2) is 0 Å². The molecule has 56 valence electrons.